The van der Waals surface area contributed by atoms with Crippen molar-refractivity contribution < 1.29 is 39.9 Å². The van der Waals surface area contributed by atoms with E-state index in [0.717, 1.165) is 0 Å². The molecule has 0 spiro atoms. The first-order valence-electron chi connectivity index (χ1n) is 0. The third-order valence-electron chi connectivity index (χ3n) is 0. The third kappa shape index (κ3) is 9.09. The Hall–Kier alpha value is 1.90. The van der Waals surface area contributed by atoms with Gasteiger partial charge >= 0.3 is 0 Å². The van der Waals surface area contributed by atoms with Crippen molar-refractivity contribution in [2.45, 2.75) is 0 Å². The molecular weight excluding hydrogens is 333 g/mol. The molecule has 0 heterocycles. The SMILES string of the molecule is O.[Bi].[Cr].[Fe]. The van der Waals surface area contributed by atoms with Crippen molar-refractivity contribution in [3.8, 4) is 0 Å². The topological polar surface area (TPSA) is 31.5 Å². The van der Waals surface area contributed by atoms with Crippen molar-refractivity contribution in [3.05, 3.63) is 0 Å². The molecule has 0 rings (SSSR count). The van der Waals surface area contributed by atoms with E-state index in [4.69, 9.17) is 0 Å². The zero-order valence-electron chi connectivity index (χ0n) is 1.71. The summed E-state index contributed by atoms with van der Waals surface area (Å²) in [5.74, 6) is 0. The van der Waals surface area contributed by atoms with Crippen LogP contribution in [0.15, 0.2) is 0 Å². The van der Waals surface area contributed by atoms with Gasteiger partial charge in [-0.2, -0.15) is 0 Å². The van der Waals surface area contributed by atoms with Crippen LogP contribution in [0, 0.1) is 0 Å². The summed E-state index contributed by atoms with van der Waals surface area (Å²) in [4.78, 5) is 0. The first kappa shape index (κ1) is 39.3. The Bertz CT molecular complexity index is 8.00. The van der Waals surface area contributed by atoms with E-state index in [9.17, 15) is 0 Å². The number of hydrogen-bond acceptors (Lipinski definition) is 0. The van der Waals surface area contributed by atoms with Gasteiger partial charge in [-0.15, -0.1) is 0 Å². The maximum absolute atomic E-state index is 0. The first-order chi connectivity index (χ1) is 0. The Balaban J connectivity index is 0. The molecule has 0 aromatic heterocycles. The molecule has 0 aromatic rings. The van der Waals surface area contributed by atoms with E-state index < -0.39 is 0 Å². The maximum atomic E-state index is 0. The summed E-state index contributed by atoms with van der Waals surface area (Å²) in [5.41, 5.74) is 0. The molecule has 0 aliphatic carbocycles. The minimum atomic E-state index is 0. The summed E-state index contributed by atoms with van der Waals surface area (Å²) in [6.07, 6.45) is 0. The van der Waals surface area contributed by atoms with Gasteiger partial charge in [0.2, 0.25) is 0 Å². The fourth-order valence-corrected chi connectivity index (χ4v) is 0. The molecule has 3 radical (unpaired) electrons. The van der Waals surface area contributed by atoms with Gasteiger partial charge in [0.15, 0.2) is 0 Å². The Morgan fingerprint density at radius 1 is 1.00 bits per heavy atom. The van der Waals surface area contributed by atoms with Gasteiger partial charge in [0.1, 0.15) is 0 Å². The fourth-order valence-electron chi connectivity index (χ4n) is 0. The predicted molar refractivity (Wildman–Crippen MR) is 9.37 cm³/mol. The maximum Gasteiger partial charge on any atom is 0 e. The number of rotatable bonds is 0. The Kier molecular flexibility index (Phi) is 203. The van der Waals surface area contributed by atoms with Crippen LogP contribution in [-0.4, -0.2) is 31.7 Å². The first-order valence-corrected chi connectivity index (χ1v) is 0. The summed E-state index contributed by atoms with van der Waals surface area (Å²) >= 11 is 0. The van der Waals surface area contributed by atoms with Crippen LogP contribution in [0.4, 0.5) is 0 Å². The Morgan fingerprint density at radius 2 is 1.00 bits per heavy atom. The van der Waals surface area contributed by atoms with Gasteiger partial charge in [-0.25, -0.2) is 0 Å². The normalized spacial score (nSPS) is 0. The third-order valence-corrected chi connectivity index (χ3v) is 0. The second-order valence-electron chi connectivity index (χ2n) is 0. The van der Waals surface area contributed by atoms with Crippen molar-refractivity contribution in [1.29, 1.82) is 0 Å². The molecule has 1 nitrogen and oxygen atoms in total. The van der Waals surface area contributed by atoms with E-state index in [1.165, 1.54) is 0 Å². The molecule has 4 heteroatoms. The molecule has 2 N–H and O–H groups in total. The molecule has 0 aliphatic heterocycles. The van der Waals surface area contributed by atoms with E-state index in [1.807, 2.05) is 0 Å². The van der Waals surface area contributed by atoms with Crippen LogP contribution in [0.25, 0.3) is 0 Å². The summed E-state index contributed by atoms with van der Waals surface area (Å²) in [6, 6.07) is 0. The average Bonchev–Trinajstić information content (AvgIpc) is 0. The van der Waals surface area contributed by atoms with E-state index in [0.29, 0.717) is 0 Å². The smallest absolute Gasteiger partial charge is 0 e. The molecule has 0 aromatic carbocycles. The number of hydrogen-bond donors (Lipinski definition) is 0. The summed E-state index contributed by atoms with van der Waals surface area (Å²) in [6.45, 7) is 0. The Morgan fingerprint density at radius 3 is 1.00 bits per heavy atom. The largest absolute Gasteiger partial charge is 0.412 e. The van der Waals surface area contributed by atoms with Crippen LogP contribution in [0.2, 0.25) is 0 Å². The van der Waals surface area contributed by atoms with Crippen LogP contribution in [0.5, 0.6) is 0 Å². The van der Waals surface area contributed by atoms with Crippen LogP contribution in [0.1, 0.15) is 0 Å². The standard InChI is InChI=1S/Bi.Cr.Fe.H2O/h;;;1H2. The van der Waals surface area contributed by atoms with Crippen molar-refractivity contribution in [1.82, 2.24) is 0 Å². The van der Waals surface area contributed by atoms with Gasteiger partial charge in [0.05, 0.1) is 0 Å². The van der Waals surface area contributed by atoms with Gasteiger partial charge in [-0.1, -0.05) is 0 Å². The van der Waals surface area contributed by atoms with Gasteiger partial charge in [0, 0.05) is 60.6 Å². The molecule has 0 bridgehead atoms. The van der Waals surface area contributed by atoms with Crippen molar-refractivity contribution in [2.75, 3.05) is 0 Å². The zero-order valence-corrected chi connectivity index (χ0v) is 7.57. The minimum absolute atomic E-state index is 0. The summed E-state index contributed by atoms with van der Waals surface area (Å²) < 4.78 is 0. The second-order valence-corrected chi connectivity index (χ2v) is 0. The monoisotopic (exact) mass is 335 g/mol. The summed E-state index contributed by atoms with van der Waals surface area (Å²) in [5, 5.41) is 0. The van der Waals surface area contributed by atoms with Crippen LogP contribution < -0.4 is 0 Å². The van der Waals surface area contributed by atoms with Crippen molar-refractivity contribution >= 4 is 26.2 Å². The van der Waals surface area contributed by atoms with E-state index in [-0.39, 0.29) is 66.1 Å². The molecular formula is H2BiCrFeO. The van der Waals surface area contributed by atoms with Crippen LogP contribution >= 0.6 is 0 Å². The summed E-state index contributed by atoms with van der Waals surface area (Å²) in [7, 11) is 0. The van der Waals surface area contributed by atoms with Gasteiger partial charge < -0.3 is 5.48 Å². The Labute approximate surface area is 65.6 Å². The van der Waals surface area contributed by atoms with Crippen LogP contribution in [-0.2, 0) is 34.4 Å². The molecule has 0 atom stereocenters. The molecule has 0 saturated carbocycles. The van der Waals surface area contributed by atoms with Crippen molar-refractivity contribution in [2.24, 2.45) is 0 Å². The second kappa shape index (κ2) is 20.7. The molecule has 0 aliphatic rings. The van der Waals surface area contributed by atoms with Gasteiger partial charge in [-0.3, -0.25) is 0 Å². The molecule has 0 saturated heterocycles. The molecule has 0 fully saturated rings. The van der Waals surface area contributed by atoms with Gasteiger partial charge in [-0.05, 0) is 0 Å². The fraction of sp³-hybridized carbons (Fsp3) is 0. The predicted octanol–water partition coefficient (Wildman–Crippen LogP) is -1.21. The van der Waals surface area contributed by atoms with E-state index in [1.54, 1.807) is 0 Å². The van der Waals surface area contributed by atoms with Crippen LogP contribution in [0.3, 0.4) is 0 Å². The molecule has 4 heavy (non-hydrogen) atoms. The molecule has 27 valence electrons. The molecule has 0 unspecified atom stereocenters. The van der Waals surface area contributed by atoms with Crippen molar-refractivity contribution in [3.63, 3.8) is 0 Å². The van der Waals surface area contributed by atoms with E-state index >= 15 is 0 Å². The molecule has 0 amide bonds. The van der Waals surface area contributed by atoms with Gasteiger partial charge in [0.25, 0.3) is 0 Å². The minimum Gasteiger partial charge on any atom is -0.412 e. The van der Waals surface area contributed by atoms with E-state index in [2.05, 4.69) is 0 Å². The average molecular weight is 335 g/mol. The quantitative estimate of drug-likeness (QED) is 0.498. The zero-order chi connectivity index (χ0) is 0.